The first-order chi connectivity index (χ1) is 9.97. The SMILES string of the molecule is CC(C)CCNC(=O)Cn1ccc(=O)c2ccc(Br)cc21. The van der Waals surface area contributed by atoms with Gasteiger partial charge in [-0.2, -0.15) is 0 Å². The molecular weight excluding hydrogens is 332 g/mol. The number of benzene rings is 1. The van der Waals surface area contributed by atoms with E-state index < -0.39 is 0 Å². The zero-order valence-corrected chi connectivity index (χ0v) is 13.8. The Bertz CT molecular complexity index is 707. The molecule has 0 fully saturated rings. The Labute approximate surface area is 132 Å². The Hall–Kier alpha value is -1.62. The lowest BCUT2D eigenvalue weighted by atomic mass is 10.1. The maximum absolute atomic E-state index is 12.0. The van der Waals surface area contributed by atoms with E-state index in [1.807, 2.05) is 12.1 Å². The molecule has 4 nitrogen and oxygen atoms in total. The third-order valence-corrected chi connectivity index (χ3v) is 3.79. The van der Waals surface area contributed by atoms with Gasteiger partial charge in [0.25, 0.3) is 0 Å². The number of carbonyl (C=O) groups is 1. The predicted octanol–water partition coefficient (Wildman–Crippen LogP) is 2.93. The second-order valence-electron chi connectivity index (χ2n) is 5.50. The lowest BCUT2D eigenvalue weighted by molar-refractivity contribution is -0.121. The molecule has 0 aliphatic rings. The predicted molar refractivity (Wildman–Crippen MR) is 88.4 cm³/mol. The Morgan fingerprint density at radius 3 is 2.81 bits per heavy atom. The summed E-state index contributed by atoms with van der Waals surface area (Å²) in [4.78, 5) is 23.8. The van der Waals surface area contributed by atoms with Crippen LogP contribution < -0.4 is 10.7 Å². The van der Waals surface area contributed by atoms with Gasteiger partial charge in [0.1, 0.15) is 6.54 Å². The number of pyridine rings is 1. The third-order valence-electron chi connectivity index (χ3n) is 3.30. The minimum absolute atomic E-state index is 0.0334. The molecule has 1 heterocycles. The van der Waals surface area contributed by atoms with Crippen LogP contribution in [-0.4, -0.2) is 17.0 Å². The highest BCUT2D eigenvalue weighted by molar-refractivity contribution is 9.10. The fourth-order valence-corrected chi connectivity index (χ4v) is 2.48. The molecule has 0 bridgehead atoms. The molecule has 0 atom stereocenters. The van der Waals surface area contributed by atoms with Gasteiger partial charge in [0.05, 0.1) is 5.52 Å². The molecule has 1 aromatic carbocycles. The van der Waals surface area contributed by atoms with E-state index in [9.17, 15) is 9.59 Å². The van der Waals surface area contributed by atoms with Gasteiger partial charge in [0, 0.05) is 28.7 Å². The van der Waals surface area contributed by atoms with Gasteiger partial charge in [0.15, 0.2) is 5.43 Å². The minimum Gasteiger partial charge on any atom is -0.355 e. The van der Waals surface area contributed by atoms with Crippen molar-refractivity contribution in [1.29, 1.82) is 0 Å². The Morgan fingerprint density at radius 1 is 1.33 bits per heavy atom. The summed E-state index contributed by atoms with van der Waals surface area (Å²) in [7, 11) is 0. The number of amides is 1. The second-order valence-corrected chi connectivity index (χ2v) is 6.42. The second kappa shape index (κ2) is 6.89. The molecule has 1 aromatic heterocycles. The Morgan fingerprint density at radius 2 is 2.10 bits per heavy atom. The number of halogens is 1. The van der Waals surface area contributed by atoms with Gasteiger partial charge in [-0.15, -0.1) is 0 Å². The van der Waals surface area contributed by atoms with E-state index in [1.54, 1.807) is 16.8 Å². The highest BCUT2D eigenvalue weighted by Crippen LogP contribution is 2.17. The van der Waals surface area contributed by atoms with Crippen LogP contribution in [0, 0.1) is 5.92 Å². The molecule has 0 aliphatic heterocycles. The standard InChI is InChI=1S/C16H19BrN2O2/c1-11(2)5-7-18-16(21)10-19-8-6-15(20)13-4-3-12(17)9-14(13)19/h3-4,6,8-9,11H,5,7,10H2,1-2H3,(H,18,21). The number of hydrogen-bond donors (Lipinski definition) is 1. The Balaban J connectivity index is 2.19. The van der Waals surface area contributed by atoms with Crippen molar-refractivity contribution < 1.29 is 4.79 Å². The highest BCUT2D eigenvalue weighted by Gasteiger charge is 2.07. The van der Waals surface area contributed by atoms with Crippen molar-refractivity contribution in [3.05, 3.63) is 45.2 Å². The number of nitrogens with zero attached hydrogens (tertiary/aromatic N) is 1. The lowest BCUT2D eigenvalue weighted by Gasteiger charge is -2.12. The third kappa shape index (κ3) is 4.17. The van der Waals surface area contributed by atoms with Gasteiger partial charge in [-0.1, -0.05) is 29.8 Å². The van der Waals surface area contributed by atoms with Crippen molar-refractivity contribution in [2.45, 2.75) is 26.8 Å². The molecular formula is C16H19BrN2O2. The van der Waals surface area contributed by atoms with E-state index in [2.05, 4.69) is 35.1 Å². The first kappa shape index (κ1) is 15.8. The number of rotatable bonds is 5. The molecule has 0 unspecified atom stereocenters. The summed E-state index contributed by atoms with van der Waals surface area (Å²) in [5.41, 5.74) is 0.727. The summed E-state index contributed by atoms with van der Waals surface area (Å²) in [5.74, 6) is 0.523. The van der Waals surface area contributed by atoms with E-state index in [4.69, 9.17) is 0 Å². The van der Waals surface area contributed by atoms with E-state index in [-0.39, 0.29) is 17.9 Å². The van der Waals surface area contributed by atoms with Gasteiger partial charge >= 0.3 is 0 Å². The lowest BCUT2D eigenvalue weighted by Crippen LogP contribution is -2.29. The van der Waals surface area contributed by atoms with Crippen molar-refractivity contribution in [1.82, 2.24) is 9.88 Å². The highest BCUT2D eigenvalue weighted by atomic mass is 79.9. The van der Waals surface area contributed by atoms with Gasteiger partial charge in [0.2, 0.25) is 5.91 Å². The summed E-state index contributed by atoms with van der Waals surface area (Å²) < 4.78 is 2.68. The normalized spacial score (nSPS) is 11.0. The number of nitrogens with one attached hydrogen (secondary N) is 1. The van der Waals surface area contributed by atoms with Crippen LogP contribution >= 0.6 is 15.9 Å². The molecule has 112 valence electrons. The summed E-state index contributed by atoms with van der Waals surface area (Å²) in [6, 6.07) is 6.96. The molecule has 1 amide bonds. The summed E-state index contributed by atoms with van der Waals surface area (Å²) in [6.45, 7) is 5.14. The molecule has 2 aromatic rings. The average Bonchev–Trinajstić information content (AvgIpc) is 2.41. The molecule has 5 heteroatoms. The molecule has 0 radical (unpaired) electrons. The van der Waals surface area contributed by atoms with Crippen molar-refractivity contribution >= 4 is 32.7 Å². The summed E-state index contributed by atoms with van der Waals surface area (Å²) in [6.07, 6.45) is 2.63. The molecule has 0 saturated heterocycles. The molecule has 21 heavy (non-hydrogen) atoms. The fraction of sp³-hybridized carbons (Fsp3) is 0.375. The zero-order chi connectivity index (χ0) is 15.4. The van der Waals surface area contributed by atoms with Crippen LogP contribution in [0.25, 0.3) is 10.9 Å². The summed E-state index contributed by atoms with van der Waals surface area (Å²) >= 11 is 3.40. The van der Waals surface area contributed by atoms with Crippen LogP contribution in [0.4, 0.5) is 0 Å². The number of carbonyl (C=O) groups excluding carboxylic acids is 1. The van der Waals surface area contributed by atoms with Crippen LogP contribution in [0.5, 0.6) is 0 Å². The van der Waals surface area contributed by atoms with E-state index >= 15 is 0 Å². The maximum Gasteiger partial charge on any atom is 0.239 e. The smallest absolute Gasteiger partial charge is 0.239 e. The molecule has 1 N–H and O–H groups in total. The first-order valence-corrected chi connectivity index (χ1v) is 7.82. The van der Waals surface area contributed by atoms with Crippen LogP contribution in [0.2, 0.25) is 0 Å². The van der Waals surface area contributed by atoms with Crippen LogP contribution in [0.1, 0.15) is 20.3 Å². The monoisotopic (exact) mass is 350 g/mol. The molecule has 0 saturated carbocycles. The quantitative estimate of drug-likeness (QED) is 0.901. The van der Waals surface area contributed by atoms with Crippen molar-refractivity contribution in [2.24, 2.45) is 5.92 Å². The van der Waals surface area contributed by atoms with Gasteiger partial charge in [-0.3, -0.25) is 9.59 Å². The zero-order valence-electron chi connectivity index (χ0n) is 12.2. The number of aromatic nitrogens is 1. The van der Waals surface area contributed by atoms with Crippen LogP contribution in [0.15, 0.2) is 39.7 Å². The average molecular weight is 351 g/mol. The van der Waals surface area contributed by atoms with Gasteiger partial charge < -0.3 is 9.88 Å². The maximum atomic E-state index is 12.0. The minimum atomic E-state index is -0.0411. The van der Waals surface area contributed by atoms with Gasteiger partial charge in [-0.05, 0) is 30.5 Å². The molecule has 0 aliphatic carbocycles. The van der Waals surface area contributed by atoms with Crippen molar-refractivity contribution in [2.75, 3.05) is 6.54 Å². The van der Waals surface area contributed by atoms with Crippen LogP contribution in [-0.2, 0) is 11.3 Å². The molecule has 0 spiro atoms. The number of hydrogen-bond acceptors (Lipinski definition) is 2. The summed E-state index contributed by atoms with van der Waals surface area (Å²) in [5, 5.41) is 3.53. The fourth-order valence-electron chi connectivity index (χ4n) is 2.13. The largest absolute Gasteiger partial charge is 0.355 e. The van der Waals surface area contributed by atoms with Crippen molar-refractivity contribution in [3.63, 3.8) is 0 Å². The number of fused-ring (bicyclic) bond motifs is 1. The van der Waals surface area contributed by atoms with E-state index in [0.717, 1.165) is 16.4 Å². The van der Waals surface area contributed by atoms with Gasteiger partial charge in [-0.25, -0.2) is 0 Å². The molecule has 2 rings (SSSR count). The van der Waals surface area contributed by atoms with E-state index in [0.29, 0.717) is 17.8 Å². The van der Waals surface area contributed by atoms with Crippen LogP contribution in [0.3, 0.4) is 0 Å². The van der Waals surface area contributed by atoms with Crippen molar-refractivity contribution in [3.8, 4) is 0 Å². The van der Waals surface area contributed by atoms with E-state index in [1.165, 1.54) is 6.07 Å². The first-order valence-electron chi connectivity index (χ1n) is 7.03. The Kier molecular flexibility index (Phi) is 5.17. The topological polar surface area (TPSA) is 51.1 Å².